The first-order chi connectivity index (χ1) is 13.2. The summed E-state index contributed by atoms with van der Waals surface area (Å²) in [7, 11) is -2.61. The topological polar surface area (TPSA) is 22.2 Å². The Kier molecular flexibility index (Phi) is 3.57. The highest BCUT2D eigenvalue weighted by atomic mass is 19.2. The van der Waals surface area contributed by atoms with Gasteiger partial charge in [0.25, 0.3) is 0 Å². The lowest BCUT2D eigenvalue weighted by Crippen LogP contribution is -2.11. The van der Waals surface area contributed by atoms with Crippen molar-refractivity contribution in [2.24, 2.45) is 0 Å². The molecule has 5 aromatic rings. The number of pyridine rings is 1. The predicted molar refractivity (Wildman–Crippen MR) is 105 cm³/mol. The van der Waals surface area contributed by atoms with Crippen molar-refractivity contribution < 1.29 is 8.63 Å². The van der Waals surface area contributed by atoms with Crippen LogP contribution >= 0.6 is 0 Å². The number of halogens is 2. The van der Waals surface area contributed by atoms with Crippen LogP contribution in [0.3, 0.4) is 0 Å². The molecular formula is C21H14BF2N3. The zero-order chi connectivity index (χ0) is 18.4. The zero-order valence-corrected chi connectivity index (χ0v) is 14.3. The molecule has 0 N–H and O–H groups in total. The van der Waals surface area contributed by atoms with Crippen LogP contribution in [-0.2, 0) is 0 Å². The summed E-state index contributed by atoms with van der Waals surface area (Å²) in [6.45, 7) is 0. The molecule has 3 heterocycles. The van der Waals surface area contributed by atoms with E-state index in [1.807, 2.05) is 77.3 Å². The number of rotatable bonds is 3. The van der Waals surface area contributed by atoms with Crippen LogP contribution in [0, 0.1) is 0 Å². The van der Waals surface area contributed by atoms with Crippen LogP contribution in [0.25, 0.3) is 39.1 Å². The van der Waals surface area contributed by atoms with Crippen LogP contribution in [0.4, 0.5) is 8.63 Å². The summed E-state index contributed by atoms with van der Waals surface area (Å²) < 4.78 is 30.2. The fourth-order valence-corrected chi connectivity index (χ4v) is 3.63. The van der Waals surface area contributed by atoms with E-state index in [0.717, 1.165) is 26.8 Å². The van der Waals surface area contributed by atoms with Crippen LogP contribution in [-0.4, -0.2) is 21.3 Å². The van der Waals surface area contributed by atoms with Gasteiger partial charge in [0.2, 0.25) is 0 Å². The van der Waals surface area contributed by atoms with Gasteiger partial charge in [-0.25, -0.2) is 4.98 Å². The van der Waals surface area contributed by atoms with Crippen molar-refractivity contribution in [2.45, 2.75) is 0 Å². The SMILES string of the molecule is FB(F)n1ccc2cccc(-c3nc4ccccn4c3-c3ccccc3)c21. The van der Waals surface area contributed by atoms with Crippen molar-refractivity contribution in [3.8, 4) is 22.5 Å². The van der Waals surface area contributed by atoms with Crippen LogP contribution in [0.5, 0.6) is 0 Å². The molecule has 0 aliphatic heterocycles. The molecule has 0 saturated carbocycles. The van der Waals surface area contributed by atoms with Crippen molar-refractivity contribution in [1.82, 2.24) is 13.9 Å². The van der Waals surface area contributed by atoms with Gasteiger partial charge in [0.05, 0.1) is 11.4 Å². The molecule has 0 saturated heterocycles. The second kappa shape index (κ2) is 6.09. The lowest BCUT2D eigenvalue weighted by Gasteiger charge is -2.09. The van der Waals surface area contributed by atoms with E-state index in [1.54, 1.807) is 6.07 Å². The summed E-state index contributed by atoms with van der Waals surface area (Å²) in [5, 5.41) is 0.767. The fourth-order valence-electron chi connectivity index (χ4n) is 3.63. The summed E-state index contributed by atoms with van der Waals surface area (Å²) in [5.74, 6) is 0. The second-order valence-electron chi connectivity index (χ2n) is 6.35. The minimum absolute atomic E-state index is 0.494. The molecule has 2 aromatic carbocycles. The Hall–Kier alpha value is -3.41. The lowest BCUT2D eigenvalue weighted by molar-refractivity contribution is 0.635. The summed E-state index contributed by atoms with van der Waals surface area (Å²) in [6, 6.07) is 23.0. The predicted octanol–water partition coefficient (Wildman–Crippen LogP) is 5.40. The Morgan fingerprint density at radius 3 is 2.41 bits per heavy atom. The van der Waals surface area contributed by atoms with Gasteiger partial charge in [-0.15, -0.1) is 0 Å². The molecule has 0 aliphatic rings. The van der Waals surface area contributed by atoms with Crippen LogP contribution < -0.4 is 0 Å². The summed E-state index contributed by atoms with van der Waals surface area (Å²) in [4.78, 5) is 4.79. The van der Waals surface area contributed by atoms with E-state index < -0.39 is 7.40 Å². The molecule has 27 heavy (non-hydrogen) atoms. The molecule has 0 fully saturated rings. The highest BCUT2D eigenvalue weighted by Crippen LogP contribution is 2.37. The molecule has 0 unspecified atom stereocenters. The summed E-state index contributed by atoms with van der Waals surface area (Å²) in [6.07, 6.45) is 3.37. The monoisotopic (exact) mass is 357 g/mol. The molecule has 3 aromatic heterocycles. The number of benzene rings is 2. The molecule has 0 radical (unpaired) electrons. The molecule has 0 atom stereocenters. The molecule has 6 heteroatoms. The van der Waals surface area contributed by atoms with Gasteiger partial charge >= 0.3 is 7.40 Å². The van der Waals surface area contributed by atoms with Gasteiger partial charge < -0.3 is 4.48 Å². The average Bonchev–Trinajstić information content (AvgIpc) is 3.30. The quantitative estimate of drug-likeness (QED) is 0.397. The van der Waals surface area contributed by atoms with E-state index >= 15 is 0 Å². The lowest BCUT2D eigenvalue weighted by atomic mass is 10.0. The maximum atomic E-state index is 13.6. The van der Waals surface area contributed by atoms with Gasteiger partial charge in [0.1, 0.15) is 5.65 Å². The number of aromatic nitrogens is 3. The smallest absolute Gasteiger partial charge is 0.331 e. The first-order valence-electron chi connectivity index (χ1n) is 8.64. The summed E-state index contributed by atoms with van der Waals surface area (Å²) in [5.41, 5.74) is 4.53. The zero-order valence-electron chi connectivity index (χ0n) is 14.3. The van der Waals surface area contributed by atoms with Crippen LogP contribution in [0.15, 0.2) is 85.2 Å². The number of fused-ring (bicyclic) bond motifs is 2. The molecule has 0 spiro atoms. The van der Waals surface area contributed by atoms with E-state index in [1.165, 1.54) is 6.20 Å². The van der Waals surface area contributed by atoms with Gasteiger partial charge in [-0.1, -0.05) is 54.6 Å². The Labute approximate surface area is 154 Å². The van der Waals surface area contributed by atoms with E-state index in [0.29, 0.717) is 16.8 Å². The normalized spacial score (nSPS) is 11.3. The largest absolute Gasteiger partial charge is 0.677 e. The first-order valence-corrected chi connectivity index (χ1v) is 8.64. The van der Waals surface area contributed by atoms with Crippen molar-refractivity contribution in [3.63, 3.8) is 0 Å². The Morgan fingerprint density at radius 2 is 1.59 bits per heavy atom. The van der Waals surface area contributed by atoms with E-state index in [2.05, 4.69) is 0 Å². The van der Waals surface area contributed by atoms with E-state index in [4.69, 9.17) is 4.98 Å². The average molecular weight is 357 g/mol. The fraction of sp³-hybridized carbons (Fsp3) is 0. The van der Waals surface area contributed by atoms with E-state index in [-0.39, 0.29) is 0 Å². The van der Waals surface area contributed by atoms with Crippen molar-refractivity contribution in [1.29, 1.82) is 0 Å². The minimum atomic E-state index is -2.61. The maximum Gasteiger partial charge on any atom is 0.677 e. The van der Waals surface area contributed by atoms with Gasteiger partial charge in [-0.2, -0.15) is 0 Å². The van der Waals surface area contributed by atoms with Crippen molar-refractivity contribution in [3.05, 3.63) is 85.2 Å². The molecule has 5 rings (SSSR count). The third-order valence-corrected chi connectivity index (χ3v) is 4.78. The molecule has 130 valence electrons. The molecule has 0 aliphatic carbocycles. The summed E-state index contributed by atoms with van der Waals surface area (Å²) >= 11 is 0. The van der Waals surface area contributed by atoms with Gasteiger partial charge in [0, 0.05) is 22.8 Å². The van der Waals surface area contributed by atoms with Crippen LogP contribution in [0.1, 0.15) is 0 Å². The molecule has 0 amide bonds. The number of para-hydroxylation sites is 1. The van der Waals surface area contributed by atoms with Crippen molar-refractivity contribution in [2.75, 3.05) is 0 Å². The molecule has 3 nitrogen and oxygen atoms in total. The molecular weight excluding hydrogens is 343 g/mol. The Balaban J connectivity index is 1.90. The first kappa shape index (κ1) is 15.8. The maximum absolute atomic E-state index is 13.6. The van der Waals surface area contributed by atoms with Gasteiger partial charge in [-0.05, 0) is 29.8 Å². The van der Waals surface area contributed by atoms with Crippen molar-refractivity contribution >= 4 is 24.0 Å². The Morgan fingerprint density at radius 1 is 0.778 bits per heavy atom. The highest BCUT2D eigenvalue weighted by Gasteiger charge is 2.24. The Bertz CT molecular complexity index is 1260. The third kappa shape index (κ3) is 2.45. The van der Waals surface area contributed by atoms with E-state index in [9.17, 15) is 8.63 Å². The number of hydrogen-bond donors (Lipinski definition) is 0. The van der Waals surface area contributed by atoms with Gasteiger partial charge in [0.15, 0.2) is 0 Å². The van der Waals surface area contributed by atoms with Gasteiger partial charge in [-0.3, -0.25) is 13.0 Å². The number of hydrogen-bond acceptors (Lipinski definition) is 1. The second-order valence-corrected chi connectivity index (χ2v) is 6.35. The highest BCUT2D eigenvalue weighted by molar-refractivity contribution is 6.43. The third-order valence-electron chi connectivity index (χ3n) is 4.78. The molecule has 0 bridgehead atoms. The van der Waals surface area contributed by atoms with Crippen LogP contribution in [0.2, 0.25) is 0 Å². The number of imidazole rings is 1. The minimum Gasteiger partial charge on any atom is -0.331 e. The number of nitrogens with zero attached hydrogens (tertiary/aromatic N) is 3. The standard InChI is InChI=1S/C21H14BF2N3/c23-22(24)27-14-12-16-9-6-10-17(20(16)27)19-21(15-7-2-1-3-8-15)26-13-5-4-11-18(26)25-19/h1-14H.